The molecule has 3 aromatic rings. The van der Waals surface area contributed by atoms with Gasteiger partial charge in [-0.2, -0.15) is 13.2 Å². The van der Waals surface area contributed by atoms with Gasteiger partial charge in [-0.05, 0) is 40.2 Å². The maximum absolute atomic E-state index is 15.0. The lowest BCUT2D eigenvalue weighted by Crippen LogP contribution is -2.49. The van der Waals surface area contributed by atoms with Crippen molar-refractivity contribution < 1.29 is 50.5 Å². The minimum absolute atomic E-state index is 0.00162. The minimum Gasteiger partial charge on any atom is -0.478 e. The Hall–Kier alpha value is -3.72. The van der Waals surface area contributed by atoms with Gasteiger partial charge in [-0.1, -0.05) is 12.1 Å². The summed E-state index contributed by atoms with van der Waals surface area (Å²) in [4.78, 5) is 28.7. The first kappa shape index (κ1) is 28.3. The third-order valence-corrected chi connectivity index (χ3v) is 6.43. The normalized spacial score (nSPS) is 16.7. The molecule has 208 valence electrons. The predicted molar refractivity (Wildman–Crippen MR) is 127 cm³/mol. The summed E-state index contributed by atoms with van der Waals surface area (Å²) < 4.78 is 84.6. The number of hydrogen-bond donors (Lipinski definition) is 2. The number of hydrogen-bond acceptors (Lipinski definition) is 6. The van der Waals surface area contributed by atoms with Crippen LogP contribution in [0.4, 0.5) is 26.7 Å². The molecule has 2 heterocycles. The Bertz CT molecular complexity index is 1380. The number of alkyl halides is 3. The van der Waals surface area contributed by atoms with Gasteiger partial charge in [-0.3, -0.25) is 4.79 Å². The van der Waals surface area contributed by atoms with Crippen molar-refractivity contribution >= 4 is 27.9 Å². The van der Waals surface area contributed by atoms with Gasteiger partial charge >= 0.3 is 12.3 Å². The number of nitrogens with zero attached hydrogens (tertiary/aromatic N) is 2. The number of amides is 2. The molecule has 0 aliphatic carbocycles. The van der Waals surface area contributed by atoms with Crippen LogP contribution in [-0.2, 0) is 10.9 Å². The van der Waals surface area contributed by atoms with Gasteiger partial charge < -0.3 is 29.6 Å². The van der Waals surface area contributed by atoms with Crippen LogP contribution in [0, 0.1) is 11.6 Å². The molecule has 2 aromatic carbocycles. The van der Waals surface area contributed by atoms with E-state index in [0.717, 1.165) is 29.2 Å². The van der Waals surface area contributed by atoms with E-state index in [-0.39, 0.29) is 48.0 Å². The number of carbonyl (C=O) groups is 2. The number of oxazole rings is 1. The fourth-order valence-electron chi connectivity index (χ4n) is 4.00. The van der Waals surface area contributed by atoms with Crippen molar-refractivity contribution in [3.63, 3.8) is 0 Å². The first-order valence-corrected chi connectivity index (χ1v) is 12.0. The Balaban J connectivity index is 1.73. The highest BCUT2D eigenvalue weighted by atomic mass is 79.9. The average Bonchev–Trinajstić information content (AvgIpc) is 3.26. The number of primary amides is 1. The van der Waals surface area contributed by atoms with Crippen molar-refractivity contribution in [3.05, 3.63) is 69.7 Å². The smallest absolute Gasteiger partial charge is 0.416 e. The highest BCUT2D eigenvalue weighted by Crippen LogP contribution is 2.37. The van der Waals surface area contributed by atoms with E-state index in [4.69, 9.17) is 19.6 Å². The molecule has 2 unspecified atom stereocenters. The molecule has 1 fully saturated rings. The Labute approximate surface area is 225 Å². The van der Waals surface area contributed by atoms with Gasteiger partial charge in [0.1, 0.15) is 17.1 Å². The molecule has 0 bridgehead atoms. The van der Waals surface area contributed by atoms with Gasteiger partial charge in [0.25, 0.3) is 5.91 Å². The fourth-order valence-corrected chi connectivity index (χ4v) is 4.49. The quantitative estimate of drug-likeness (QED) is 0.339. The van der Waals surface area contributed by atoms with Crippen molar-refractivity contribution in [2.75, 3.05) is 19.8 Å². The van der Waals surface area contributed by atoms with Gasteiger partial charge in [-0.15, -0.1) is 0 Å². The fraction of sp³-hybridized carbons (Fsp3) is 0.292. The van der Waals surface area contributed by atoms with Gasteiger partial charge in [-0.25, -0.2) is 18.6 Å². The Morgan fingerprint density at radius 1 is 1.21 bits per heavy atom. The van der Waals surface area contributed by atoms with Crippen LogP contribution in [0.1, 0.15) is 34.3 Å². The summed E-state index contributed by atoms with van der Waals surface area (Å²) >= 11 is 3.16. The molecule has 1 aliphatic rings. The molecule has 3 N–H and O–H groups in total. The largest absolute Gasteiger partial charge is 0.478 e. The van der Waals surface area contributed by atoms with Crippen molar-refractivity contribution in [3.8, 4) is 17.0 Å². The molecule has 39 heavy (non-hydrogen) atoms. The van der Waals surface area contributed by atoms with Gasteiger partial charge in [0, 0.05) is 18.5 Å². The zero-order valence-electron chi connectivity index (χ0n) is 19.7. The average molecular weight is 620 g/mol. The topological polar surface area (TPSA) is 128 Å². The molecule has 1 aromatic heterocycles. The van der Waals surface area contributed by atoms with Crippen LogP contribution in [-0.4, -0.2) is 52.8 Å². The van der Waals surface area contributed by atoms with Crippen molar-refractivity contribution in [1.29, 1.82) is 0 Å². The number of aromatic nitrogens is 1. The highest BCUT2D eigenvalue weighted by molar-refractivity contribution is 9.10. The molecule has 0 spiro atoms. The second kappa shape index (κ2) is 11.2. The molecule has 9 nitrogen and oxygen atoms in total. The monoisotopic (exact) mass is 619 g/mol. The summed E-state index contributed by atoms with van der Waals surface area (Å²) in [7, 11) is 0. The van der Waals surface area contributed by atoms with Gasteiger partial charge in [0.15, 0.2) is 22.3 Å². The molecular formula is C24H19BrF5N3O6. The predicted octanol–water partition coefficient (Wildman–Crippen LogP) is 5.39. The molecule has 0 saturated carbocycles. The number of benzene rings is 2. The first-order chi connectivity index (χ1) is 18.4. The zero-order valence-corrected chi connectivity index (χ0v) is 21.3. The number of morpholine rings is 1. The van der Waals surface area contributed by atoms with Crippen LogP contribution >= 0.6 is 15.9 Å². The molecule has 1 aliphatic heterocycles. The summed E-state index contributed by atoms with van der Waals surface area (Å²) in [5.41, 5.74) is 3.48. The van der Waals surface area contributed by atoms with Gasteiger partial charge in [0.2, 0.25) is 5.89 Å². The third-order valence-electron chi connectivity index (χ3n) is 5.89. The Kier molecular flexibility index (Phi) is 8.11. The Morgan fingerprint density at radius 3 is 2.51 bits per heavy atom. The lowest BCUT2D eigenvalue weighted by atomic mass is 10.1. The van der Waals surface area contributed by atoms with E-state index >= 15 is 0 Å². The molecule has 0 radical (unpaired) electrons. The van der Waals surface area contributed by atoms with Crippen LogP contribution in [0.3, 0.4) is 0 Å². The molecule has 15 heteroatoms. The van der Waals surface area contributed by atoms with Crippen LogP contribution in [0.5, 0.6) is 5.75 Å². The SMILES string of the molecule is NC(=O)c1c(F)ccc(OC(CC2COCCN2C(=O)O)c2nc(-c3ccc(C(F)(F)F)cc3)c(Br)o2)c1F. The van der Waals surface area contributed by atoms with Crippen LogP contribution in [0.15, 0.2) is 45.5 Å². The standard InChI is InChI=1S/C24H19BrF5N3O6/c25-20-19(11-1-3-12(4-2-11)24(28,29)30)32-22(39-20)16(9-13-10-37-8-7-33(13)23(35)36)38-15-6-5-14(26)17(18(15)27)21(31)34/h1-6,13,16H,7-10H2,(H2,31,34)(H,35,36). The maximum Gasteiger partial charge on any atom is 0.416 e. The minimum atomic E-state index is -4.55. The lowest BCUT2D eigenvalue weighted by Gasteiger charge is -2.34. The summed E-state index contributed by atoms with van der Waals surface area (Å²) in [6.07, 6.45) is -7.30. The molecule has 2 atom stereocenters. The number of carboxylic acid groups (broad SMARTS) is 1. The number of ether oxygens (including phenoxy) is 2. The van der Waals surface area contributed by atoms with Crippen LogP contribution < -0.4 is 10.5 Å². The third kappa shape index (κ3) is 6.14. The van der Waals surface area contributed by atoms with Crippen LogP contribution in [0.25, 0.3) is 11.3 Å². The van der Waals surface area contributed by atoms with Crippen LogP contribution in [0.2, 0.25) is 0 Å². The second-order valence-electron chi connectivity index (χ2n) is 8.40. The van der Waals surface area contributed by atoms with E-state index in [1.807, 2.05) is 0 Å². The maximum atomic E-state index is 15.0. The molecule has 1 saturated heterocycles. The molecule has 4 rings (SSSR count). The molecule has 2 amide bonds. The Morgan fingerprint density at radius 2 is 1.90 bits per heavy atom. The summed E-state index contributed by atoms with van der Waals surface area (Å²) in [6.45, 7) is 0.138. The van der Waals surface area contributed by atoms with E-state index in [1.54, 1.807) is 0 Å². The van der Waals surface area contributed by atoms with E-state index in [9.17, 15) is 36.6 Å². The van der Waals surface area contributed by atoms with Gasteiger partial charge in [0.05, 0.1) is 24.8 Å². The number of rotatable bonds is 7. The lowest BCUT2D eigenvalue weighted by molar-refractivity contribution is -0.137. The zero-order chi connectivity index (χ0) is 28.5. The molecular weight excluding hydrogens is 601 g/mol. The number of carbonyl (C=O) groups excluding carboxylic acids is 1. The summed E-state index contributed by atoms with van der Waals surface area (Å²) in [5.74, 6) is -4.80. The van der Waals surface area contributed by atoms with Crippen molar-refractivity contribution in [1.82, 2.24) is 9.88 Å². The second-order valence-corrected chi connectivity index (χ2v) is 9.12. The van der Waals surface area contributed by atoms with Crippen molar-refractivity contribution in [2.24, 2.45) is 5.73 Å². The van der Waals surface area contributed by atoms with E-state index in [0.29, 0.717) is 0 Å². The highest BCUT2D eigenvalue weighted by Gasteiger charge is 2.35. The summed E-state index contributed by atoms with van der Waals surface area (Å²) in [6, 6.07) is 4.92. The van der Waals surface area contributed by atoms with E-state index in [1.165, 1.54) is 12.1 Å². The number of halogens is 6. The summed E-state index contributed by atoms with van der Waals surface area (Å²) in [5, 5.41) is 9.58. The number of nitrogens with two attached hydrogens (primary N) is 1. The first-order valence-electron chi connectivity index (χ1n) is 11.2. The van der Waals surface area contributed by atoms with Crippen molar-refractivity contribution in [2.45, 2.75) is 24.7 Å². The van der Waals surface area contributed by atoms with E-state index < -0.39 is 58.8 Å². The van der Waals surface area contributed by atoms with E-state index in [2.05, 4.69) is 20.9 Å².